The van der Waals surface area contributed by atoms with Gasteiger partial charge in [-0.15, -0.1) is 0 Å². The molecule has 0 spiro atoms. The summed E-state index contributed by atoms with van der Waals surface area (Å²) in [5.41, 5.74) is 0.893. The van der Waals surface area contributed by atoms with Gasteiger partial charge in [-0.05, 0) is 31.0 Å². The van der Waals surface area contributed by atoms with E-state index in [0.29, 0.717) is 17.2 Å². The second-order valence-electron chi connectivity index (χ2n) is 4.10. The number of carboxylic acids is 1. The first-order valence-corrected chi connectivity index (χ1v) is 6.16. The Morgan fingerprint density at radius 1 is 1.47 bits per heavy atom. The number of ether oxygens (including phenoxy) is 1. The van der Waals surface area contributed by atoms with Crippen LogP contribution in [0.2, 0.25) is 5.02 Å². The van der Waals surface area contributed by atoms with Gasteiger partial charge in [-0.2, -0.15) is 0 Å². The van der Waals surface area contributed by atoms with Crippen LogP contribution in [0.3, 0.4) is 0 Å². The van der Waals surface area contributed by atoms with E-state index in [-0.39, 0.29) is 12.3 Å². The van der Waals surface area contributed by atoms with Crippen LogP contribution in [0.25, 0.3) is 0 Å². The maximum Gasteiger partial charge on any atom is 0.325 e. The highest BCUT2D eigenvalue weighted by molar-refractivity contribution is 6.32. The molecule has 0 heterocycles. The average molecular weight is 286 g/mol. The van der Waals surface area contributed by atoms with Crippen molar-refractivity contribution < 1.29 is 19.4 Å². The number of methoxy groups -OCH3 is 1. The normalized spacial score (nSPS) is 11.7. The SMILES string of the molecule is COc1ccc(CCC(=O)N[C@@H](C)C(=O)O)cc1Cl. The average Bonchev–Trinajstić information content (AvgIpc) is 2.36. The zero-order valence-corrected chi connectivity index (χ0v) is 11.5. The topological polar surface area (TPSA) is 75.6 Å². The van der Waals surface area contributed by atoms with E-state index in [0.717, 1.165) is 5.56 Å². The van der Waals surface area contributed by atoms with E-state index in [1.165, 1.54) is 14.0 Å². The molecule has 6 heteroatoms. The van der Waals surface area contributed by atoms with E-state index >= 15 is 0 Å². The van der Waals surface area contributed by atoms with Crippen molar-refractivity contribution in [3.8, 4) is 5.75 Å². The lowest BCUT2D eigenvalue weighted by molar-refractivity contribution is -0.141. The summed E-state index contributed by atoms with van der Waals surface area (Å²) >= 11 is 5.97. The summed E-state index contributed by atoms with van der Waals surface area (Å²) < 4.78 is 5.03. The number of amides is 1. The summed E-state index contributed by atoms with van der Waals surface area (Å²) in [6.07, 6.45) is 0.697. The van der Waals surface area contributed by atoms with E-state index in [9.17, 15) is 9.59 Å². The minimum Gasteiger partial charge on any atom is -0.495 e. The van der Waals surface area contributed by atoms with Crippen molar-refractivity contribution in [1.82, 2.24) is 5.32 Å². The van der Waals surface area contributed by atoms with Crippen molar-refractivity contribution in [1.29, 1.82) is 0 Å². The second kappa shape index (κ2) is 6.99. The molecule has 0 aliphatic heterocycles. The number of halogens is 1. The monoisotopic (exact) mass is 285 g/mol. The lowest BCUT2D eigenvalue weighted by atomic mass is 10.1. The minimum atomic E-state index is -1.05. The van der Waals surface area contributed by atoms with Crippen LogP contribution in [-0.2, 0) is 16.0 Å². The molecule has 104 valence electrons. The second-order valence-corrected chi connectivity index (χ2v) is 4.50. The van der Waals surface area contributed by atoms with Gasteiger partial charge in [0.1, 0.15) is 11.8 Å². The highest BCUT2D eigenvalue weighted by Gasteiger charge is 2.13. The van der Waals surface area contributed by atoms with Gasteiger partial charge in [0.25, 0.3) is 0 Å². The van der Waals surface area contributed by atoms with Crippen LogP contribution in [0.1, 0.15) is 18.9 Å². The zero-order valence-electron chi connectivity index (χ0n) is 10.8. The maximum absolute atomic E-state index is 11.5. The summed E-state index contributed by atoms with van der Waals surface area (Å²) in [5.74, 6) is -0.781. The van der Waals surface area contributed by atoms with Crippen LogP contribution < -0.4 is 10.1 Å². The van der Waals surface area contributed by atoms with Crippen molar-refractivity contribution in [3.05, 3.63) is 28.8 Å². The Kier molecular flexibility index (Phi) is 5.63. The number of aliphatic carboxylic acids is 1. The fourth-order valence-corrected chi connectivity index (χ4v) is 1.78. The van der Waals surface area contributed by atoms with E-state index in [1.807, 2.05) is 6.07 Å². The quantitative estimate of drug-likeness (QED) is 0.837. The van der Waals surface area contributed by atoms with Crippen molar-refractivity contribution in [3.63, 3.8) is 0 Å². The number of nitrogens with one attached hydrogen (secondary N) is 1. The van der Waals surface area contributed by atoms with Gasteiger partial charge >= 0.3 is 5.97 Å². The molecule has 1 aromatic rings. The van der Waals surface area contributed by atoms with Gasteiger partial charge in [0.2, 0.25) is 5.91 Å². The van der Waals surface area contributed by atoms with Gasteiger partial charge < -0.3 is 15.2 Å². The van der Waals surface area contributed by atoms with E-state index in [1.54, 1.807) is 12.1 Å². The molecule has 0 saturated heterocycles. The Morgan fingerprint density at radius 2 is 2.16 bits per heavy atom. The van der Waals surface area contributed by atoms with Crippen molar-refractivity contribution in [2.75, 3.05) is 7.11 Å². The molecule has 0 saturated carbocycles. The number of carbonyl (C=O) groups excluding carboxylic acids is 1. The Balaban J connectivity index is 2.50. The third-order valence-electron chi connectivity index (χ3n) is 2.60. The molecule has 19 heavy (non-hydrogen) atoms. The highest BCUT2D eigenvalue weighted by Crippen LogP contribution is 2.25. The maximum atomic E-state index is 11.5. The molecule has 5 nitrogen and oxygen atoms in total. The molecular weight excluding hydrogens is 270 g/mol. The Hall–Kier alpha value is -1.75. The number of aryl methyl sites for hydroxylation is 1. The molecular formula is C13H16ClNO4. The number of carbonyl (C=O) groups is 2. The number of carboxylic acid groups (broad SMARTS) is 1. The molecule has 0 radical (unpaired) electrons. The third kappa shape index (κ3) is 4.79. The van der Waals surface area contributed by atoms with Gasteiger partial charge in [-0.3, -0.25) is 9.59 Å². The number of benzene rings is 1. The standard InChI is InChI=1S/C13H16ClNO4/c1-8(13(17)18)15-12(16)6-4-9-3-5-11(19-2)10(14)7-9/h3,5,7-8H,4,6H2,1-2H3,(H,15,16)(H,17,18)/t8-/m0/s1. The van der Waals surface area contributed by atoms with Crippen LogP contribution in [0, 0.1) is 0 Å². The molecule has 2 N–H and O–H groups in total. The summed E-state index contributed by atoms with van der Waals surface area (Å²) in [5, 5.41) is 11.5. The number of hydrogen-bond acceptors (Lipinski definition) is 3. The van der Waals surface area contributed by atoms with E-state index in [4.69, 9.17) is 21.4 Å². The fourth-order valence-electron chi connectivity index (χ4n) is 1.50. The van der Waals surface area contributed by atoms with Crippen LogP contribution in [-0.4, -0.2) is 30.1 Å². The summed E-state index contributed by atoms with van der Waals surface area (Å²) in [4.78, 5) is 22.1. The molecule has 0 unspecified atom stereocenters. The predicted octanol–water partition coefficient (Wildman–Crippen LogP) is 1.87. The van der Waals surface area contributed by atoms with Crippen molar-refractivity contribution >= 4 is 23.5 Å². The Bertz CT molecular complexity index is 476. The summed E-state index contributed by atoms with van der Waals surface area (Å²) in [6.45, 7) is 1.42. The minimum absolute atomic E-state index is 0.209. The first kappa shape index (κ1) is 15.3. The molecule has 0 bridgehead atoms. The van der Waals surface area contributed by atoms with Crippen molar-refractivity contribution in [2.24, 2.45) is 0 Å². The van der Waals surface area contributed by atoms with E-state index < -0.39 is 12.0 Å². The first-order chi connectivity index (χ1) is 8.93. The molecule has 0 aliphatic rings. The molecule has 0 fully saturated rings. The largest absolute Gasteiger partial charge is 0.495 e. The van der Waals surface area contributed by atoms with Gasteiger partial charge in [0.05, 0.1) is 12.1 Å². The summed E-state index contributed by atoms with van der Waals surface area (Å²) in [6, 6.07) is 4.40. The molecule has 0 aromatic heterocycles. The van der Waals surface area contributed by atoms with Gasteiger partial charge in [-0.1, -0.05) is 17.7 Å². The Labute approximate surface area is 116 Å². The highest BCUT2D eigenvalue weighted by atomic mass is 35.5. The van der Waals surface area contributed by atoms with Crippen molar-refractivity contribution in [2.45, 2.75) is 25.8 Å². The predicted molar refractivity (Wildman–Crippen MR) is 71.6 cm³/mol. The van der Waals surface area contributed by atoms with Crippen LogP contribution in [0.4, 0.5) is 0 Å². The molecule has 1 rings (SSSR count). The molecule has 1 atom stereocenters. The zero-order chi connectivity index (χ0) is 14.4. The van der Waals surface area contributed by atoms with Crippen LogP contribution in [0.15, 0.2) is 18.2 Å². The lowest BCUT2D eigenvalue weighted by Gasteiger charge is -2.09. The Morgan fingerprint density at radius 3 is 2.68 bits per heavy atom. The molecule has 0 aliphatic carbocycles. The van der Waals surface area contributed by atoms with Gasteiger partial charge in [0.15, 0.2) is 0 Å². The smallest absolute Gasteiger partial charge is 0.325 e. The van der Waals surface area contributed by atoms with Gasteiger partial charge in [0, 0.05) is 6.42 Å². The first-order valence-electron chi connectivity index (χ1n) is 5.78. The molecule has 1 aromatic carbocycles. The summed E-state index contributed by atoms with van der Waals surface area (Å²) in [7, 11) is 1.53. The third-order valence-corrected chi connectivity index (χ3v) is 2.90. The van der Waals surface area contributed by atoms with Crippen LogP contribution in [0.5, 0.6) is 5.75 Å². The number of rotatable bonds is 6. The lowest BCUT2D eigenvalue weighted by Crippen LogP contribution is -2.38. The van der Waals surface area contributed by atoms with Gasteiger partial charge in [-0.25, -0.2) is 0 Å². The van der Waals surface area contributed by atoms with Crippen LogP contribution >= 0.6 is 11.6 Å². The van der Waals surface area contributed by atoms with E-state index in [2.05, 4.69) is 5.32 Å². The molecule has 1 amide bonds. The fraction of sp³-hybridized carbons (Fsp3) is 0.385. The number of hydrogen-bond donors (Lipinski definition) is 2.